The standard InChI is InChI=1S/C11H22O4/c1-11(2,13-3)5-7-15-10-8-14-6-4-9(10)12/h9-10,12H,4-8H2,1-3H3. The Morgan fingerprint density at radius 2 is 2.20 bits per heavy atom. The van der Waals surface area contributed by atoms with Gasteiger partial charge in [0.05, 0.1) is 18.3 Å². The van der Waals surface area contributed by atoms with E-state index in [9.17, 15) is 5.11 Å². The third-order valence-corrected chi connectivity index (χ3v) is 2.86. The van der Waals surface area contributed by atoms with Crippen LogP contribution in [0.3, 0.4) is 0 Å². The molecule has 0 aromatic carbocycles. The fraction of sp³-hybridized carbons (Fsp3) is 1.00. The number of aliphatic hydroxyl groups excluding tert-OH is 1. The van der Waals surface area contributed by atoms with Gasteiger partial charge in [-0.2, -0.15) is 0 Å². The zero-order valence-electron chi connectivity index (χ0n) is 9.86. The average molecular weight is 218 g/mol. The van der Waals surface area contributed by atoms with Gasteiger partial charge < -0.3 is 19.3 Å². The highest BCUT2D eigenvalue weighted by atomic mass is 16.5. The lowest BCUT2D eigenvalue weighted by Crippen LogP contribution is -2.39. The van der Waals surface area contributed by atoms with E-state index in [-0.39, 0.29) is 17.8 Å². The lowest BCUT2D eigenvalue weighted by atomic mass is 10.1. The Hall–Kier alpha value is -0.160. The first-order valence-electron chi connectivity index (χ1n) is 5.48. The Bertz CT molecular complexity index is 181. The van der Waals surface area contributed by atoms with Crippen LogP contribution in [0.25, 0.3) is 0 Å². The van der Waals surface area contributed by atoms with E-state index in [0.29, 0.717) is 26.2 Å². The van der Waals surface area contributed by atoms with Crippen molar-refractivity contribution in [2.75, 3.05) is 26.9 Å². The van der Waals surface area contributed by atoms with Gasteiger partial charge in [-0.05, 0) is 26.7 Å². The summed E-state index contributed by atoms with van der Waals surface area (Å²) < 4.78 is 16.1. The van der Waals surface area contributed by atoms with Gasteiger partial charge in [-0.15, -0.1) is 0 Å². The lowest BCUT2D eigenvalue weighted by molar-refractivity contribution is -0.125. The van der Waals surface area contributed by atoms with Crippen LogP contribution in [0.4, 0.5) is 0 Å². The Balaban J connectivity index is 2.19. The van der Waals surface area contributed by atoms with Crippen molar-refractivity contribution >= 4 is 0 Å². The van der Waals surface area contributed by atoms with Gasteiger partial charge in [-0.1, -0.05) is 0 Å². The molecule has 0 amide bonds. The molecule has 0 saturated carbocycles. The zero-order chi connectivity index (χ0) is 11.3. The third kappa shape index (κ3) is 4.47. The van der Waals surface area contributed by atoms with Gasteiger partial charge in [0.1, 0.15) is 6.10 Å². The van der Waals surface area contributed by atoms with Crippen molar-refractivity contribution in [2.45, 2.75) is 44.5 Å². The Kier molecular flexibility index (Phi) is 4.99. The summed E-state index contributed by atoms with van der Waals surface area (Å²) in [7, 11) is 1.69. The van der Waals surface area contributed by atoms with Gasteiger partial charge in [0.2, 0.25) is 0 Å². The molecule has 1 aliphatic heterocycles. The van der Waals surface area contributed by atoms with Gasteiger partial charge in [0, 0.05) is 20.3 Å². The molecule has 90 valence electrons. The van der Waals surface area contributed by atoms with Crippen LogP contribution in [0, 0.1) is 0 Å². The quantitative estimate of drug-likeness (QED) is 0.747. The fourth-order valence-corrected chi connectivity index (χ4v) is 1.42. The van der Waals surface area contributed by atoms with Crippen LogP contribution >= 0.6 is 0 Å². The molecule has 2 unspecified atom stereocenters. The minimum absolute atomic E-state index is 0.166. The SMILES string of the molecule is COC(C)(C)CCOC1COCCC1O. The van der Waals surface area contributed by atoms with Crippen molar-refractivity contribution < 1.29 is 19.3 Å². The summed E-state index contributed by atoms with van der Waals surface area (Å²) in [4.78, 5) is 0. The van der Waals surface area contributed by atoms with E-state index in [2.05, 4.69) is 0 Å². The largest absolute Gasteiger partial charge is 0.390 e. The normalized spacial score (nSPS) is 28.0. The molecule has 0 aliphatic carbocycles. The molecule has 1 aliphatic rings. The number of rotatable bonds is 5. The van der Waals surface area contributed by atoms with Gasteiger partial charge in [0.25, 0.3) is 0 Å². The minimum Gasteiger partial charge on any atom is -0.390 e. The van der Waals surface area contributed by atoms with Crippen LogP contribution in [0.2, 0.25) is 0 Å². The van der Waals surface area contributed by atoms with Gasteiger partial charge in [-0.3, -0.25) is 0 Å². The molecule has 1 N–H and O–H groups in total. The molecule has 0 bridgehead atoms. The molecule has 0 aromatic heterocycles. The highest BCUT2D eigenvalue weighted by Crippen LogP contribution is 2.16. The van der Waals surface area contributed by atoms with Crippen LogP contribution in [0.5, 0.6) is 0 Å². The van der Waals surface area contributed by atoms with Gasteiger partial charge >= 0.3 is 0 Å². The van der Waals surface area contributed by atoms with E-state index < -0.39 is 0 Å². The molecule has 1 fully saturated rings. The minimum atomic E-state index is -0.385. The summed E-state index contributed by atoms with van der Waals surface area (Å²) in [5, 5.41) is 9.62. The number of hydrogen-bond donors (Lipinski definition) is 1. The summed E-state index contributed by atoms with van der Waals surface area (Å²) in [6.07, 6.45) is 0.918. The number of aliphatic hydroxyl groups is 1. The summed E-state index contributed by atoms with van der Waals surface area (Å²) in [6, 6.07) is 0. The van der Waals surface area contributed by atoms with Gasteiger partial charge in [0.15, 0.2) is 0 Å². The number of methoxy groups -OCH3 is 1. The highest BCUT2D eigenvalue weighted by Gasteiger charge is 2.25. The second-order valence-corrected chi connectivity index (χ2v) is 4.55. The van der Waals surface area contributed by atoms with Crippen molar-refractivity contribution in [1.29, 1.82) is 0 Å². The first-order chi connectivity index (χ1) is 7.05. The van der Waals surface area contributed by atoms with E-state index in [0.717, 1.165) is 6.42 Å². The monoisotopic (exact) mass is 218 g/mol. The molecule has 0 aromatic rings. The van der Waals surface area contributed by atoms with Crippen molar-refractivity contribution in [3.05, 3.63) is 0 Å². The van der Waals surface area contributed by atoms with E-state index in [1.807, 2.05) is 13.8 Å². The van der Waals surface area contributed by atoms with Crippen LogP contribution in [0.1, 0.15) is 26.7 Å². The first kappa shape index (κ1) is 12.9. The van der Waals surface area contributed by atoms with Gasteiger partial charge in [-0.25, -0.2) is 0 Å². The molecule has 1 saturated heterocycles. The van der Waals surface area contributed by atoms with Crippen LogP contribution in [-0.4, -0.2) is 49.8 Å². The van der Waals surface area contributed by atoms with Crippen LogP contribution < -0.4 is 0 Å². The second kappa shape index (κ2) is 5.80. The molecule has 4 heteroatoms. The molecule has 0 spiro atoms. The maximum atomic E-state index is 9.62. The number of ether oxygens (including phenoxy) is 3. The predicted octanol–water partition coefficient (Wildman–Crippen LogP) is 0.968. The highest BCUT2D eigenvalue weighted by molar-refractivity contribution is 4.74. The Morgan fingerprint density at radius 3 is 2.80 bits per heavy atom. The molecular weight excluding hydrogens is 196 g/mol. The maximum absolute atomic E-state index is 9.62. The topological polar surface area (TPSA) is 47.9 Å². The molecule has 1 heterocycles. The van der Waals surface area contributed by atoms with E-state index >= 15 is 0 Å². The van der Waals surface area contributed by atoms with E-state index in [4.69, 9.17) is 14.2 Å². The second-order valence-electron chi connectivity index (χ2n) is 4.55. The van der Waals surface area contributed by atoms with E-state index in [1.165, 1.54) is 0 Å². The van der Waals surface area contributed by atoms with Crippen molar-refractivity contribution in [3.63, 3.8) is 0 Å². The molecule has 0 radical (unpaired) electrons. The summed E-state index contributed by atoms with van der Waals surface area (Å²) >= 11 is 0. The summed E-state index contributed by atoms with van der Waals surface area (Å²) in [5.41, 5.74) is -0.166. The van der Waals surface area contributed by atoms with Crippen LogP contribution in [0.15, 0.2) is 0 Å². The maximum Gasteiger partial charge on any atom is 0.107 e. The molecule has 4 nitrogen and oxygen atoms in total. The smallest absolute Gasteiger partial charge is 0.107 e. The lowest BCUT2D eigenvalue weighted by Gasteiger charge is -2.29. The average Bonchev–Trinajstić information content (AvgIpc) is 2.21. The number of hydrogen-bond acceptors (Lipinski definition) is 4. The molecule has 2 atom stereocenters. The molecule has 1 rings (SSSR count). The summed E-state index contributed by atoms with van der Waals surface area (Å²) in [5.74, 6) is 0. The third-order valence-electron chi connectivity index (χ3n) is 2.86. The van der Waals surface area contributed by atoms with E-state index in [1.54, 1.807) is 7.11 Å². The predicted molar refractivity (Wildman–Crippen MR) is 56.9 cm³/mol. The summed E-state index contributed by atoms with van der Waals surface area (Å²) in [6.45, 7) is 5.75. The van der Waals surface area contributed by atoms with Crippen molar-refractivity contribution in [2.24, 2.45) is 0 Å². The zero-order valence-corrected chi connectivity index (χ0v) is 9.86. The molecular formula is C11H22O4. The van der Waals surface area contributed by atoms with Crippen molar-refractivity contribution in [3.8, 4) is 0 Å². The Morgan fingerprint density at radius 1 is 1.47 bits per heavy atom. The Labute approximate surface area is 91.5 Å². The van der Waals surface area contributed by atoms with Crippen molar-refractivity contribution in [1.82, 2.24) is 0 Å². The molecule has 15 heavy (non-hydrogen) atoms. The fourth-order valence-electron chi connectivity index (χ4n) is 1.42. The van der Waals surface area contributed by atoms with Crippen LogP contribution in [-0.2, 0) is 14.2 Å². The first-order valence-corrected chi connectivity index (χ1v) is 5.48.